The fourth-order valence-corrected chi connectivity index (χ4v) is 5.51. The van der Waals surface area contributed by atoms with Crippen LogP contribution in [0.25, 0.3) is 10.2 Å². The van der Waals surface area contributed by atoms with Gasteiger partial charge in [0.15, 0.2) is 16.6 Å². The van der Waals surface area contributed by atoms with Crippen LogP contribution in [-0.4, -0.2) is 62.9 Å². The third-order valence-electron chi connectivity index (χ3n) is 6.26. The number of rotatable bonds is 4. The smallest absolute Gasteiger partial charge is 0.229 e. The van der Waals surface area contributed by atoms with E-state index in [1.54, 1.807) is 28.4 Å². The molecule has 0 unspecified atom stereocenters. The lowest BCUT2D eigenvalue weighted by Gasteiger charge is -2.25. The van der Waals surface area contributed by atoms with Crippen LogP contribution in [0.2, 0.25) is 0 Å². The van der Waals surface area contributed by atoms with Crippen LogP contribution < -0.4 is 24.6 Å². The summed E-state index contributed by atoms with van der Waals surface area (Å²) in [6.07, 6.45) is 0.171. The number of benzene rings is 2. The summed E-state index contributed by atoms with van der Waals surface area (Å²) in [6.45, 7) is 4.40. The number of hydrogen-bond donors (Lipinski definition) is 1. The predicted octanol–water partition coefficient (Wildman–Crippen LogP) is 2.90. The minimum Gasteiger partial charge on any atom is -0.486 e. The van der Waals surface area contributed by atoms with E-state index in [9.17, 15) is 9.59 Å². The SMILES string of the molecule is O=C(Nc1ccc2nc(N3CCOCC3)sc2c1)[C@H]1CC(=O)N(c2ccc3c(c2)OCCO3)C1. The second-order valence-corrected chi connectivity index (χ2v) is 9.51. The molecule has 0 aliphatic carbocycles. The van der Waals surface area contributed by atoms with Crippen molar-refractivity contribution in [2.45, 2.75) is 6.42 Å². The second kappa shape index (κ2) is 8.77. The summed E-state index contributed by atoms with van der Waals surface area (Å²) in [6, 6.07) is 11.2. The lowest BCUT2D eigenvalue weighted by atomic mass is 10.1. The number of carbonyl (C=O) groups is 2. The Bertz CT molecular complexity index is 1260. The monoisotopic (exact) mass is 480 g/mol. The molecule has 0 radical (unpaired) electrons. The fraction of sp³-hybridized carbons (Fsp3) is 0.375. The highest BCUT2D eigenvalue weighted by molar-refractivity contribution is 7.22. The topological polar surface area (TPSA) is 93.2 Å². The molecule has 3 aliphatic rings. The van der Waals surface area contributed by atoms with Gasteiger partial charge in [-0.25, -0.2) is 4.98 Å². The zero-order valence-electron chi connectivity index (χ0n) is 18.5. The average Bonchev–Trinajstić information content (AvgIpc) is 3.48. The summed E-state index contributed by atoms with van der Waals surface area (Å²) < 4.78 is 17.6. The van der Waals surface area contributed by atoms with E-state index in [2.05, 4.69) is 10.2 Å². The van der Waals surface area contributed by atoms with E-state index in [4.69, 9.17) is 19.2 Å². The Kier molecular flexibility index (Phi) is 5.46. The highest BCUT2D eigenvalue weighted by atomic mass is 32.1. The Morgan fingerprint density at radius 2 is 1.85 bits per heavy atom. The molecule has 0 bridgehead atoms. The lowest BCUT2D eigenvalue weighted by Crippen LogP contribution is -2.36. The Morgan fingerprint density at radius 1 is 1.03 bits per heavy atom. The molecule has 34 heavy (non-hydrogen) atoms. The number of morpholine rings is 1. The first kappa shape index (κ1) is 21.2. The van der Waals surface area contributed by atoms with Crippen LogP contribution in [-0.2, 0) is 14.3 Å². The molecule has 3 aliphatic heterocycles. The van der Waals surface area contributed by atoms with Gasteiger partial charge in [0.2, 0.25) is 11.8 Å². The van der Waals surface area contributed by atoms with E-state index < -0.39 is 5.92 Å². The van der Waals surface area contributed by atoms with Crippen LogP contribution in [0.4, 0.5) is 16.5 Å². The molecule has 2 aromatic carbocycles. The predicted molar refractivity (Wildman–Crippen MR) is 129 cm³/mol. The van der Waals surface area contributed by atoms with Crippen molar-refractivity contribution in [3.63, 3.8) is 0 Å². The van der Waals surface area contributed by atoms with Gasteiger partial charge in [-0.3, -0.25) is 9.59 Å². The molecule has 176 valence electrons. The van der Waals surface area contributed by atoms with Crippen molar-refractivity contribution in [2.75, 3.05) is 61.2 Å². The number of ether oxygens (including phenoxy) is 3. The third-order valence-corrected chi connectivity index (χ3v) is 7.34. The van der Waals surface area contributed by atoms with E-state index in [1.807, 2.05) is 24.3 Å². The maximum Gasteiger partial charge on any atom is 0.229 e. The van der Waals surface area contributed by atoms with Crippen LogP contribution in [0.3, 0.4) is 0 Å². The number of aromatic nitrogens is 1. The first-order chi connectivity index (χ1) is 16.6. The number of hydrogen-bond acceptors (Lipinski definition) is 8. The molecule has 2 amide bonds. The molecule has 1 N–H and O–H groups in total. The Balaban J connectivity index is 1.14. The minimum atomic E-state index is -0.429. The van der Waals surface area contributed by atoms with E-state index in [-0.39, 0.29) is 18.2 Å². The second-order valence-electron chi connectivity index (χ2n) is 8.50. The maximum atomic E-state index is 13.0. The summed E-state index contributed by atoms with van der Waals surface area (Å²) in [5.74, 6) is 0.627. The quantitative estimate of drug-likeness (QED) is 0.614. The van der Waals surface area contributed by atoms with Crippen LogP contribution in [0.15, 0.2) is 36.4 Å². The molecule has 3 aromatic rings. The number of thiazole rings is 1. The molecule has 2 saturated heterocycles. The number of nitrogens with zero attached hydrogens (tertiary/aromatic N) is 3. The van der Waals surface area contributed by atoms with Gasteiger partial charge in [0.1, 0.15) is 13.2 Å². The Hall–Kier alpha value is -3.37. The van der Waals surface area contributed by atoms with E-state index in [0.717, 1.165) is 28.4 Å². The number of amides is 2. The largest absolute Gasteiger partial charge is 0.486 e. The van der Waals surface area contributed by atoms with Gasteiger partial charge in [-0.2, -0.15) is 0 Å². The van der Waals surface area contributed by atoms with Crippen LogP contribution in [0.1, 0.15) is 6.42 Å². The standard InChI is InChI=1S/C24H24N4O5S/c29-22-11-15(14-28(22)17-2-4-19-20(13-17)33-10-9-32-19)23(30)25-16-1-3-18-21(12-16)34-24(26-18)27-5-7-31-8-6-27/h1-4,12-13,15H,5-11,14H2,(H,25,30)/t15-/m0/s1. The first-order valence-electron chi connectivity index (χ1n) is 11.4. The fourth-order valence-electron chi connectivity index (χ4n) is 4.46. The molecular weight excluding hydrogens is 456 g/mol. The first-order valence-corrected chi connectivity index (χ1v) is 12.2. The average molecular weight is 481 g/mol. The molecule has 4 heterocycles. The number of carbonyl (C=O) groups excluding carboxylic acids is 2. The van der Waals surface area contributed by atoms with E-state index >= 15 is 0 Å². The minimum absolute atomic E-state index is 0.0788. The van der Waals surface area contributed by atoms with Crippen molar-refractivity contribution in [1.82, 2.24) is 4.98 Å². The van der Waals surface area contributed by atoms with Crippen LogP contribution >= 0.6 is 11.3 Å². The lowest BCUT2D eigenvalue weighted by molar-refractivity contribution is -0.122. The Morgan fingerprint density at radius 3 is 2.71 bits per heavy atom. The molecule has 6 rings (SSSR count). The van der Waals surface area contributed by atoms with Crippen molar-refractivity contribution >= 4 is 49.9 Å². The van der Waals surface area contributed by atoms with E-state index in [0.29, 0.717) is 55.8 Å². The molecule has 0 saturated carbocycles. The molecule has 9 nitrogen and oxygen atoms in total. The summed E-state index contributed by atoms with van der Waals surface area (Å²) in [5, 5.41) is 3.96. The normalized spacial score (nSPS) is 20.1. The van der Waals surface area contributed by atoms with Gasteiger partial charge in [0, 0.05) is 43.5 Å². The van der Waals surface area contributed by atoms with Crippen molar-refractivity contribution < 1.29 is 23.8 Å². The highest BCUT2D eigenvalue weighted by Gasteiger charge is 2.35. The summed E-state index contributed by atoms with van der Waals surface area (Å²) in [4.78, 5) is 34.3. The van der Waals surface area contributed by atoms with Gasteiger partial charge in [0.25, 0.3) is 0 Å². The van der Waals surface area contributed by atoms with Gasteiger partial charge in [-0.15, -0.1) is 0 Å². The van der Waals surface area contributed by atoms with Gasteiger partial charge >= 0.3 is 0 Å². The van der Waals surface area contributed by atoms with Gasteiger partial charge in [-0.05, 0) is 30.3 Å². The van der Waals surface area contributed by atoms with Gasteiger partial charge in [0.05, 0.1) is 29.3 Å². The van der Waals surface area contributed by atoms with Gasteiger partial charge in [-0.1, -0.05) is 11.3 Å². The molecule has 10 heteroatoms. The Labute approximate surface area is 200 Å². The maximum absolute atomic E-state index is 13.0. The van der Waals surface area contributed by atoms with Crippen molar-refractivity contribution in [3.8, 4) is 11.5 Å². The summed E-state index contributed by atoms with van der Waals surface area (Å²) >= 11 is 1.61. The highest BCUT2D eigenvalue weighted by Crippen LogP contribution is 2.36. The van der Waals surface area contributed by atoms with Crippen LogP contribution in [0, 0.1) is 5.92 Å². The number of nitrogens with one attached hydrogen (secondary N) is 1. The molecule has 1 aromatic heterocycles. The number of fused-ring (bicyclic) bond motifs is 2. The van der Waals surface area contributed by atoms with Crippen molar-refractivity contribution in [3.05, 3.63) is 36.4 Å². The van der Waals surface area contributed by atoms with Crippen LogP contribution in [0.5, 0.6) is 11.5 Å². The molecular formula is C24H24N4O5S. The third kappa shape index (κ3) is 4.03. The van der Waals surface area contributed by atoms with E-state index in [1.165, 1.54) is 0 Å². The molecule has 0 spiro atoms. The summed E-state index contributed by atoms with van der Waals surface area (Å²) in [7, 11) is 0. The van der Waals surface area contributed by atoms with Crippen molar-refractivity contribution in [1.29, 1.82) is 0 Å². The summed E-state index contributed by atoms with van der Waals surface area (Å²) in [5.41, 5.74) is 2.33. The molecule has 1 atom stereocenters. The number of anilines is 3. The zero-order chi connectivity index (χ0) is 23.1. The van der Waals surface area contributed by atoms with Gasteiger partial charge < -0.3 is 29.3 Å². The van der Waals surface area contributed by atoms with Crippen molar-refractivity contribution in [2.24, 2.45) is 5.92 Å². The zero-order valence-corrected chi connectivity index (χ0v) is 19.3. The molecule has 2 fully saturated rings.